The van der Waals surface area contributed by atoms with Gasteiger partial charge in [-0.1, -0.05) is 6.07 Å². The van der Waals surface area contributed by atoms with Gasteiger partial charge in [0.05, 0.1) is 42.4 Å². The zero-order valence-electron chi connectivity index (χ0n) is 13.6. The second-order valence-corrected chi connectivity index (χ2v) is 6.22. The Morgan fingerprint density at radius 3 is 2.33 bits per heavy atom. The largest absolute Gasteiger partial charge is 0.379 e. The third kappa shape index (κ3) is 3.49. The lowest BCUT2D eigenvalue weighted by Gasteiger charge is -2.19. The van der Waals surface area contributed by atoms with Crippen molar-refractivity contribution in [3.63, 3.8) is 0 Å². The second kappa shape index (κ2) is 7.15. The van der Waals surface area contributed by atoms with Gasteiger partial charge in [0.25, 0.3) is 0 Å². The summed E-state index contributed by atoms with van der Waals surface area (Å²) in [6, 6.07) is 10.6. The SMILES string of the molecule is c1ccc(-c2ccc(NC3CCOC3)c(NC3CCOC3)n2)nc1. The molecule has 0 aliphatic carbocycles. The summed E-state index contributed by atoms with van der Waals surface area (Å²) in [7, 11) is 0. The van der Waals surface area contributed by atoms with E-state index in [0.29, 0.717) is 12.1 Å². The van der Waals surface area contributed by atoms with Gasteiger partial charge < -0.3 is 20.1 Å². The van der Waals surface area contributed by atoms with Gasteiger partial charge in [-0.2, -0.15) is 0 Å². The van der Waals surface area contributed by atoms with Crippen molar-refractivity contribution in [2.75, 3.05) is 37.1 Å². The first-order chi connectivity index (χ1) is 11.9. The maximum atomic E-state index is 5.47. The van der Waals surface area contributed by atoms with E-state index in [9.17, 15) is 0 Å². The molecule has 2 atom stereocenters. The van der Waals surface area contributed by atoms with Gasteiger partial charge in [0, 0.05) is 19.4 Å². The van der Waals surface area contributed by atoms with E-state index in [-0.39, 0.29) is 0 Å². The highest BCUT2D eigenvalue weighted by molar-refractivity contribution is 5.70. The van der Waals surface area contributed by atoms with Crippen LogP contribution < -0.4 is 10.6 Å². The minimum atomic E-state index is 0.303. The first-order valence-corrected chi connectivity index (χ1v) is 8.49. The van der Waals surface area contributed by atoms with Crippen LogP contribution >= 0.6 is 0 Å². The van der Waals surface area contributed by atoms with Crippen molar-refractivity contribution in [3.05, 3.63) is 36.5 Å². The fourth-order valence-corrected chi connectivity index (χ4v) is 3.05. The highest BCUT2D eigenvalue weighted by Gasteiger charge is 2.21. The van der Waals surface area contributed by atoms with Crippen LogP contribution in [-0.4, -0.2) is 48.5 Å². The number of hydrogen-bond acceptors (Lipinski definition) is 6. The molecule has 2 fully saturated rings. The molecule has 2 saturated heterocycles. The highest BCUT2D eigenvalue weighted by atomic mass is 16.5. The summed E-state index contributed by atoms with van der Waals surface area (Å²) in [5.41, 5.74) is 2.75. The maximum absolute atomic E-state index is 5.47. The standard InChI is InChI=1S/C18H22N4O2/c1-2-8-19-15(3-1)16-4-5-17(20-13-6-9-23-11-13)18(22-16)21-14-7-10-24-12-14/h1-5,8,13-14,20H,6-7,9-12H2,(H,21,22). The highest BCUT2D eigenvalue weighted by Crippen LogP contribution is 2.27. The molecule has 2 aromatic heterocycles. The Kier molecular flexibility index (Phi) is 4.57. The van der Waals surface area contributed by atoms with Gasteiger partial charge in [-0.05, 0) is 37.1 Å². The molecule has 6 heteroatoms. The zero-order valence-corrected chi connectivity index (χ0v) is 13.6. The van der Waals surface area contributed by atoms with Crippen molar-refractivity contribution in [2.24, 2.45) is 0 Å². The first-order valence-electron chi connectivity index (χ1n) is 8.49. The quantitative estimate of drug-likeness (QED) is 0.880. The van der Waals surface area contributed by atoms with Crippen molar-refractivity contribution in [2.45, 2.75) is 24.9 Å². The Labute approximate surface area is 141 Å². The predicted octanol–water partition coefficient (Wildman–Crippen LogP) is 2.55. The second-order valence-electron chi connectivity index (χ2n) is 6.22. The topological polar surface area (TPSA) is 68.3 Å². The van der Waals surface area contributed by atoms with E-state index in [4.69, 9.17) is 14.5 Å². The minimum absolute atomic E-state index is 0.303. The Balaban J connectivity index is 1.61. The molecular weight excluding hydrogens is 304 g/mol. The van der Waals surface area contributed by atoms with E-state index in [1.165, 1.54) is 0 Å². The van der Waals surface area contributed by atoms with Gasteiger partial charge in [-0.15, -0.1) is 0 Å². The number of aromatic nitrogens is 2. The third-order valence-corrected chi connectivity index (χ3v) is 4.38. The fraction of sp³-hybridized carbons (Fsp3) is 0.444. The molecule has 0 amide bonds. The third-order valence-electron chi connectivity index (χ3n) is 4.38. The molecule has 6 nitrogen and oxygen atoms in total. The van der Waals surface area contributed by atoms with Crippen molar-refractivity contribution < 1.29 is 9.47 Å². The van der Waals surface area contributed by atoms with E-state index in [0.717, 1.165) is 62.2 Å². The minimum Gasteiger partial charge on any atom is -0.379 e. The van der Waals surface area contributed by atoms with Gasteiger partial charge in [0.1, 0.15) is 5.82 Å². The molecule has 4 heterocycles. The average molecular weight is 326 g/mol. The summed E-state index contributed by atoms with van der Waals surface area (Å²) in [5.74, 6) is 0.862. The lowest BCUT2D eigenvalue weighted by Crippen LogP contribution is -2.24. The number of ether oxygens (including phenoxy) is 2. The number of nitrogens with zero attached hydrogens (tertiary/aromatic N) is 2. The Hall–Kier alpha value is -2.18. The van der Waals surface area contributed by atoms with Crippen LogP contribution in [0.25, 0.3) is 11.4 Å². The molecule has 0 saturated carbocycles. The number of rotatable bonds is 5. The molecule has 2 aliphatic rings. The van der Waals surface area contributed by atoms with Crippen LogP contribution in [0.1, 0.15) is 12.8 Å². The summed E-state index contributed by atoms with van der Waals surface area (Å²) in [6.45, 7) is 3.09. The van der Waals surface area contributed by atoms with Gasteiger partial charge in [0.2, 0.25) is 0 Å². The molecule has 2 N–H and O–H groups in total. The average Bonchev–Trinajstić information content (AvgIpc) is 3.31. The van der Waals surface area contributed by atoms with Crippen molar-refractivity contribution in [1.29, 1.82) is 0 Å². The molecule has 2 unspecified atom stereocenters. The van der Waals surface area contributed by atoms with Gasteiger partial charge >= 0.3 is 0 Å². The maximum Gasteiger partial charge on any atom is 0.150 e. The lowest BCUT2D eigenvalue weighted by molar-refractivity contribution is 0.195. The van der Waals surface area contributed by atoms with Crippen LogP contribution in [0.4, 0.5) is 11.5 Å². The number of nitrogens with one attached hydrogen (secondary N) is 2. The molecule has 0 aromatic carbocycles. The molecular formula is C18H22N4O2. The van der Waals surface area contributed by atoms with Gasteiger partial charge in [-0.25, -0.2) is 4.98 Å². The fourth-order valence-electron chi connectivity index (χ4n) is 3.05. The zero-order chi connectivity index (χ0) is 16.2. The molecule has 0 radical (unpaired) electrons. The van der Waals surface area contributed by atoms with E-state index in [2.05, 4.69) is 21.7 Å². The monoisotopic (exact) mass is 326 g/mol. The predicted molar refractivity (Wildman–Crippen MR) is 93.2 cm³/mol. The molecule has 0 spiro atoms. The Morgan fingerprint density at radius 2 is 1.67 bits per heavy atom. The smallest absolute Gasteiger partial charge is 0.150 e. The van der Waals surface area contributed by atoms with Crippen molar-refractivity contribution in [1.82, 2.24) is 9.97 Å². The number of anilines is 2. The van der Waals surface area contributed by atoms with Gasteiger partial charge in [-0.3, -0.25) is 4.98 Å². The summed E-state index contributed by atoms with van der Waals surface area (Å²) < 4.78 is 10.9. The molecule has 24 heavy (non-hydrogen) atoms. The van der Waals surface area contributed by atoms with E-state index < -0.39 is 0 Å². The van der Waals surface area contributed by atoms with E-state index in [1.807, 2.05) is 24.3 Å². The van der Waals surface area contributed by atoms with Crippen LogP contribution in [0, 0.1) is 0 Å². The van der Waals surface area contributed by atoms with Crippen LogP contribution in [0.3, 0.4) is 0 Å². The van der Waals surface area contributed by atoms with Crippen molar-refractivity contribution in [3.8, 4) is 11.4 Å². The molecule has 126 valence electrons. The number of pyridine rings is 2. The van der Waals surface area contributed by atoms with Gasteiger partial charge in [0.15, 0.2) is 0 Å². The molecule has 0 bridgehead atoms. The van der Waals surface area contributed by atoms with E-state index >= 15 is 0 Å². The van der Waals surface area contributed by atoms with E-state index in [1.54, 1.807) is 6.20 Å². The summed E-state index contributed by atoms with van der Waals surface area (Å²) in [6.07, 6.45) is 3.81. The van der Waals surface area contributed by atoms with Crippen LogP contribution in [-0.2, 0) is 9.47 Å². The Morgan fingerprint density at radius 1 is 0.875 bits per heavy atom. The number of hydrogen-bond donors (Lipinski definition) is 2. The molecule has 4 rings (SSSR count). The summed E-state index contributed by atoms with van der Waals surface area (Å²) in [5, 5.41) is 7.08. The van der Waals surface area contributed by atoms with Crippen LogP contribution in [0.5, 0.6) is 0 Å². The van der Waals surface area contributed by atoms with Crippen LogP contribution in [0.2, 0.25) is 0 Å². The summed E-state index contributed by atoms with van der Waals surface area (Å²) >= 11 is 0. The molecule has 2 aromatic rings. The van der Waals surface area contributed by atoms with Crippen molar-refractivity contribution >= 4 is 11.5 Å². The first kappa shape index (κ1) is 15.4. The lowest BCUT2D eigenvalue weighted by atomic mass is 10.2. The Bertz CT molecular complexity index is 668. The summed E-state index contributed by atoms with van der Waals surface area (Å²) in [4.78, 5) is 9.22. The normalized spacial score (nSPS) is 23.3. The van der Waals surface area contributed by atoms with Crippen LogP contribution in [0.15, 0.2) is 36.5 Å². The molecule has 2 aliphatic heterocycles.